The van der Waals surface area contributed by atoms with Gasteiger partial charge in [-0.2, -0.15) is 0 Å². The molecule has 0 spiro atoms. The zero-order valence-electron chi connectivity index (χ0n) is 11.8. The normalized spacial score (nSPS) is 11.9. The Morgan fingerprint density at radius 2 is 1.70 bits per heavy atom. The summed E-state index contributed by atoms with van der Waals surface area (Å²) in [4.78, 5) is 12.0. The molecule has 3 nitrogen and oxygen atoms in total. The summed E-state index contributed by atoms with van der Waals surface area (Å²) in [5.74, 6) is 0.198. The van der Waals surface area contributed by atoms with Gasteiger partial charge in [-0.05, 0) is 32.9 Å². The van der Waals surface area contributed by atoms with Crippen LogP contribution in [0.25, 0.3) is 21.9 Å². The van der Waals surface area contributed by atoms with E-state index in [2.05, 4.69) is 0 Å². The van der Waals surface area contributed by atoms with Crippen molar-refractivity contribution < 1.29 is 13.9 Å². The second-order valence-electron chi connectivity index (χ2n) is 5.87. The van der Waals surface area contributed by atoms with Crippen molar-refractivity contribution in [2.45, 2.75) is 20.8 Å². The Bertz CT molecular complexity index is 791. The number of furan rings is 1. The average Bonchev–Trinajstić information content (AvgIpc) is 2.77. The molecule has 3 heteroatoms. The van der Waals surface area contributed by atoms with Gasteiger partial charge in [-0.1, -0.05) is 30.3 Å². The van der Waals surface area contributed by atoms with Crippen molar-refractivity contribution in [3.63, 3.8) is 0 Å². The van der Waals surface area contributed by atoms with Gasteiger partial charge in [-0.25, -0.2) is 0 Å². The standard InChI is InChI=1S/C17H16O3/c1-17(2,3)16(18)20-14-10-6-8-12-11-7-4-5-9-13(11)19-15(12)14/h4-10H,1-3H3. The van der Waals surface area contributed by atoms with Crippen LogP contribution in [0.15, 0.2) is 46.9 Å². The highest BCUT2D eigenvalue weighted by atomic mass is 16.5. The van der Waals surface area contributed by atoms with Crippen LogP contribution in [0, 0.1) is 5.41 Å². The maximum atomic E-state index is 12.0. The molecule has 20 heavy (non-hydrogen) atoms. The Morgan fingerprint density at radius 1 is 1.00 bits per heavy atom. The summed E-state index contributed by atoms with van der Waals surface area (Å²) >= 11 is 0. The third-order valence-electron chi connectivity index (χ3n) is 3.18. The lowest BCUT2D eigenvalue weighted by Crippen LogP contribution is -2.25. The van der Waals surface area contributed by atoms with E-state index in [4.69, 9.17) is 9.15 Å². The largest absolute Gasteiger partial charge is 0.452 e. The summed E-state index contributed by atoms with van der Waals surface area (Å²) < 4.78 is 11.3. The van der Waals surface area contributed by atoms with Gasteiger partial charge in [-0.3, -0.25) is 4.79 Å². The molecule has 1 aromatic heterocycles. The van der Waals surface area contributed by atoms with Gasteiger partial charge in [0, 0.05) is 10.8 Å². The van der Waals surface area contributed by atoms with Gasteiger partial charge in [-0.15, -0.1) is 0 Å². The second kappa shape index (κ2) is 4.37. The van der Waals surface area contributed by atoms with E-state index in [0.29, 0.717) is 11.3 Å². The number of rotatable bonds is 1. The number of fused-ring (bicyclic) bond motifs is 3. The van der Waals surface area contributed by atoms with Gasteiger partial charge in [0.05, 0.1) is 5.41 Å². The molecular weight excluding hydrogens is 252 g/mol. The number of benzene rings is 2. The van der Waals surface area contributed by atoms with E-state index in [-0.39, 0.29) is 5.97 Å². The Morgan fingerprint density at radius 3 is 2.45 bits per heavy atom. The average molecular weight is 268 g/mol. The molecule has 0 saturated heterocycles. The molecule has 0 aliphatic carbocycles. The second-order valence-corrected chi connectivity index (χ2v) is 5.87. The molecule has 0 aliphatic heterocycles. The summed E-state index contributed by atoms with van der Waals surface area (Å²) in [5.41, 5.74) is 0.863. The third kappa shape index (κ3) is 2.05. The first-order chi connectivity index (χ1) is 9.47. The molecule has 0 saturated carbocycles. The minimum absolute atomic E-state index is 0.273. The molecule has 0 radical (unpaired) electrons. The number of carbonyl (C=O) groups is 1. The van der Waals surface area contributed by atoms with Crippen LogP contribution in [-0.4, -0.2) is 5.97 Å². The predicted octanol–water partition coefficient (Wildman–Crippen LogP) is 4.54. The fourth-order valence-electron chi connectivity index (χ4n) is 2.05. The van der Waals surface area contributed by atoms with Crippen LogP contribution in [0.1, 0.15) is 20.8 Å². The molecule has 0 fully saturated rings. The monoisotopic (exact) mass is 268 g/mol. The third-order valence-corrected chi connectivity index (χ3v) is 3.18. The van der Waals surface area contributed by atoms with Crippen LogP contribution in [0.4, 0.5) is 0 Å². The summed E-state index contributed by atoms with van der Waals surface area (Å²) in [5, 5.41) is 1.98. The number of hydrogen-bond acceptors (Lipinski definition) is 3. The van der Waals surface area contributed by atoms with Crippen molar-refractivity contribution in [3.8, 4) is 5.75 Å². The Labute approximate surface area is 117 Å². The van der Waals surface area contributed by atoms with E-state index in [1.54, 1.807) is 6.07 Å². The number of para-hydroxylation sites is 2. The van der Waals surface area contributed by atoms with Crippen molar-refractivity contribution in [3.05, 3.63) is 42.5 Å². The molecule has 0 amide bonds. The highest BCUT2D eigenvalue weighted by Crippen LogP contribution is 2.35. The number of ether oxygens (including phenoxy) is 1. The predicted molar refractivity (Wildman–Crippen MR) is 78.8 cm³/mol. The molecular formula is C17H16O3. The highest BCUT2D eigenvalue weighted by molar-refractivity contribution is 6.07. The van der Waals surface area contributed by atoms with Crippen molar-refractivity contribution in [2.75, 3.05) is 0 Å². The minimum Gasteiger partial charge on any atom is -0.452 e. The van der Waals surface area contributed by atoms with Gasteiger partial charge in [0.2, 0.25) is 0 Å². The van der Waals surface area contributed by atoms with E-state index in [9.17, 15) is 4.79 Å². The summed E-state index contributed by atoms with van der Waals surface area (Å²) in [6.07, 6.45) is 0. The topological polar surface area (TPSA) is 39.4 Å². The van der Waals surface area contributed by atoms with Crippen molar-refractivity contribution >= 4 is 27.9 Å². The summed E-state index contributed by atoms with van der Waals surface area (Å²) in [6.45, 7) is 5.48. The quantitative estimate of drug-likeness (QED) is 0.480. The summed E-state index contributed by atoms with van der Waals surface area (Å²) in [6, 6.07) is 13.4. The van der Waals surface area contributed by atoms with Crippen molar-refractivity contribution in [1.29, 1.82) is 0 Å². The van der Waals surface area contributed by atoms with E-state index < -0.39 is 5.41 Å². The van der Waals surface area contributed by atoms with Gasteiger partial charge in [0.15, 0.2) is 11.3 Å². The first kappa shape index (κ1) is 12.7. The van der Waals surface area contributed by atoms with E-state index in [1.165, 1.54) is 0 Å². The lowest BCUT2D eigenvalue weighted by Gasteiger charge is -2.16. The fourth-order valence-corrected chi connectivity index (χ4v) is 2.05. The van der Waals surface area contributed by atoms with Crippen LogP contribution >= 0.6 is 0 Å². The van der Waals surface area contributed by atoms with E-state index in [0.717, 1.165) is 16.4 Å². The summed E-state index contributed by atoms with van der Waals surface area (Å²) in [7, 11) is 0. The van der Waals surface area contributed by atoms with Gasteiger partial charge >= 0.3 is 5.97 Å². The lowest BCUT2D eigenvalue weighted by molar-refractivity contribution is -0.142. The minimum atomic E-state index is -0.547. The zero-order chi connectivity index (χ0) is 14.3. The Kier molecular flexibility index (Phi) is 2.78. The number of esters is 1. The van der Waals surface area contributed by atoms with Crippen LogP contribution in [0.2, 0.25) is 0 Å². The van der Waals surface area contributed by atoms with E-state index in [1.807, 2.05) is 57.2 Å². The first-order valence-electron chi connectivity index (χ1n) is 6.59. The van der Waals surface area contributed by atoms with Crippen LogP contribution in [0.5, 0.6) is 5.75 Å². The first-order valence-corrected chi connectivity index (χ1v) is 6.59. The van der Waals surface area contributed by atoms with Gasteiger partial charge in [0.1, 0.15) is 5.58 Å². The Balaban J connectivity index is 2.15. The fraction of sp³-hybridized carbons (Fsp3) is 0.235. The molecule has 0 N–H and O–H groups in total. The van der Waals surface area contributed by atoms with Crippen molar-refractivity contribution in [1.82, 2.24) is 0 Å². The number of carbonyl (C=O) groups excluding carboxylic acids is 1. The SMILES string of the molecule is CC(C)(C)C(=O)Oc1cccc2c1oc1ccccc12. The van der Waals surface area contributed by atoms with Gasteiger partial charge < -0.3 is 9.15 Å². The highest BCUT2D eigenvalue weighted by Gasteiger charge is 2.25. The van der Waals surface area contributed by atoms with Crippen LogP contribution in [-0.2, 0) is 4.79 Å². The maximum absolute atomic E-state index is 12.0. The van der Waals surface area contributed by atoms with Crippen molar-refractivity contribution in [2.24, 2.45) is 5.41 Å². The van der Waals surface area contributed by atoms with Crippen LogP contribution in [0.3, 0.4) is 0 Å². The lowest BCUT2D eigenvalue weighted by atomic mass is 9.97. The van der Waals surface area contributed by atoms with E-state index >= 15 is 0 Å². The van der Waals surface area contributed by atoms with Gasteiger partial charge in [0.25, 0.3) is 0 Å². The van der Waals surface area contributed by atoms with Crippen LogP contribution < -0.4 is 4.74 Å². The molecule has 2 aromatic carbocycles. The molecule has 0 aliphatic rings. The molecule has 3 rings (SSSR count). The Hall–Kier alpha value is -2.29. The molecule has 1 heterocycles. The molecule has 0 bridgehead atoms. The molecule has 3 aromatic rings. The number of hydrogen-bond donors (Lipinski definition) is 0. The molecule has 102 valence electrons. The maximum Gasteiger partial charge on any atom is 0.316 e. The smallest absolute Gasteiger partial charge is 0.316 e. The molecule has 0 unspecified atom stereocenters. The molecule has 0 atom stereocenters. The zero-order valence-corrected chi connectivity index (χ0v) is 11.8.